The molecule has 1 heterocycles. The lowest BCUT2D eigenvalue weighted by molar-refractivity contribution is 0.515. The van der Waals surface area contributed by atoms with Gasteiger partial charge in [-0.25, -0.2) is 4.39 Å². The zero-order chi connectivity index (χ0) is 12.3. The van der Waals surface area contributed by atoms with Gasteiger partial charge in [-0.2, -0.15) is 5.10 Å². The van der Waals surface area contributed by atoms with Crippen LogP contribution in [0.25, 0.3) is 0 Å². The fourth-order valence-corrected chi connectivity index (χ4v) is 1.77. The molecule has 0 aliphatic heterocycles. The summed E-state index contributed by atoms with van der Waals surface area (Å²) in [5, 5.41) is 7.37. The molecule has 0 unspecified atom stereocenters. The van der Waals surface area contributed by atoms with Crippen LogP contribution in [0.4, 0.5) is 4.39 Å². The van der Waals surface area contributed by atoms with E-state index in [0.29, 0.717) is 12.1 Å². The molecule has 0 aliphatic rings. The van der Waals surface area contributed by atoms with E-state index in [9.17, 15) is 4.39 Å². The molecule has 17 heavy (non-hydrogen) atoms. The largest absolute Gasteiger partial charge is 0.304 e. The molecule has 0 fully saturated rings. The van der Waals surface area contributed by atoms with Crippen molar-refractivity contribution in [3.05, 3.63) is 53.6 Å². The van der Waals surface area contributed by atoms with Crippen molar-refractivity contribution >= 4 is 0 Å². The first-order valence-electron chi connectivity index (χ1n) is 5.63. The Balaban J connectivity index is 2.01. The lowest BCUT2D eigenvalue weighted by Crippen LogP contribution is -2.20. The van der Waals surface area contributed by atoms with Crippen molar-refractivity contribution in [1.82, 2.24) is 15.1 Å². The van der Waals surface area contributed by atoms with Crippen LogP contribution in [0.2, 0.25) is 0 Å². The monoisotopic (exact) mass is 233 g/mol. The molecule has 90 valence electrons. The highest BCUT2D eigenvalue weighted by molar-refractivity contribution is 5.20. The molecule has 0 aliphatic carbocycles. The quantitative estimate of drug-likeness (QED) is 0.878. The van der Waals surface area contributed by atoms with E-state index in [2.05, 4.69) is 10.4 Å². The average molecular weight is 233 g/mol. The maximum atomic E-state index is 13.5. The molecule has 2 rings (SSSR count). The molecular weight excluding hydrogens is 217 g/mol. The highest BCUT2D eigenvalue weighted by Gasteiger charge is 2.10. The predicted molar refractivity (Wildman–Crippen MR) is 64.9 cm³/mol. The van der Waals surface area contributed by atoms with Crippen LogP contribution in [0.5, 0.6) is 0 Å². The van der Waals surface area contributed by atoms with Gasteiger partial charge in [-0.1, -0.05) is 18.2 Å². The van der Waals surface area contributed by atoms with E-state index in [1.807, 2.05) is 26.1 Å². The Labute approximate surface area is 100 Å². The van der Waals surface area contributed by atoms with E-state index < -0.39 is 0 Å². The van der Waals surface area contributed by atoms with Gasteiger partial charge in [0.15, 0.2) is 0 Å². The minimum absolute atomic E-state index is 0.0221. The molecule has 3 nitrogen and oxygen atoms in total. The first-order chi connectivity index (χ1) is 8.18. The SMILES string of the molecule is C[C@@H](NCc1ccnn1C)c1ccccc1F. The Morgan fingerprint density at radius 3 is 2.76 bits per heavy atom. The van der Waals surface area contributed by atoms with Crippen molar-refractivity contribution in [1.29, 1.82) is 0 Å². The molecule has 4 heteroatoms. The van der Waals surface area contributed by atoms with Gasteiger partial charge >= 0.3 is 0 Å². The Morgan fingerprint density at radius 2 is 2.12 bits per heavy atom. The summed E-state index contributed by atoms with van der Waals surface area (Å²) in [6.45, 7) is 2.63. The standard InChI is InChI=1S/C13H16FN3/c1-10(12-5-3-4-6-13(12)14)15-9-11-7-8-16-17(11)2/h3-8,10,15H,9H2,1-2H3/t10-/m1/s1. The van der Waals surface area contributed by atoms with Gasteiger partial charge in [0.25, 0.3) is 0 Å². The third-order valence-corrected chi connectivity index (χ3v) is 2.88. The van der Waals surface area contributed by atoms with Crippen LogP contribution in [0, 0.1) is 5.82 Å². The molecule has 1 N–H and O–H groups in total. The van der Waals surface area contributed by atoms with Crippen LogP contribution in [0.3, 0.4) is 0 Å². The second-order valence-electron chi connectivity index (χ2n) is 4.07. The highest BCUT2D eigenvalue weighted by atomic mass is 19.1. The van der Waals surface area contributed by atoms with E-state index in [-0.39, 0.29) is 11.9 Å². The van der Waals surface area contributed by atoms with Crippen molar-refractivity contribution in [2.75, 3.05) is 0 Å². The summed E-state index contributed by atoms with van der Waals surface area (Å²) in [4.78, 5) is 0. The Morgan fingerprint density at radius 1 is 1.35 bits per heavy atom. The van der Waals surface area contributed by atoms with Crippen molar-refractivity contribution in [3.63, 3.8) is 0 Å². The average Bonchev–Trinajstić information content (AvgIpc) is 2.72. The van der Waals surface area contributed by atoms with Crippen molar-refractivity contribution in [3.8, 4) is 0 Å². The summed E-state index contributed by atoms with van der Waals surface area (Å²) in [6.07, 6.45) is 1.75. The van der Waals surface area contributed by atoms with Crippen molar-refractivity contribution < 1.29 is 4.39 Å². The van der Waals surface area contributed by atoms with Crippen LogP contribution < -0.4 is 5.32 Å². The summed E-state index contributed by atoms with van der Waals surface area (Å²) in [6, 6.07) is 8.76. The number of benzene rings is 1. The number of halogens is 1. The molecule has 2 aromatic rings. The van der Waals surface area contributed by atoms with Crippen LogP contribution in [-0.2, 0) is 13.6 Å². The van der Waals surface area contributed by atoms with Gasteiger partial charge in [-0.15, -0.1) is 0 Å². The number of nitrogens with one attached hydrogen (secondary N) is 1. The fourth-order valence-electron chi connectivity index (χ4n) is 1.77. The Bertz CT molecular complexity index is 493. The Kier molecular flexibility index (Phi) is 3.54. The number of hydrogen-bond acceptors (Lipinski definition) is 2. The molecule has 1 aromatic heterocycles. The lowest BCUT2D eigenvalue weighted by atomic mass is 10.1. The number of hydrogen-bond donors (Lipinski definition) is 1. The van der Waals surface area contributed by atoms with E-state index in [4.69, 9.17) is 0 Å². The third-order valence-electron chi connectivity index (χ3n) is 2.88. The van der Waals surface area contributed by atoms with Crippen molar-refractivity contribution in [2.24, 2.45) is 7.05 Å². The zero-order valence-electron chi connectivity index (χ0n) is 10.0. The second kappa shape index (κ2) is 5.10. The molecule has 0 spiro atoms. The first-order valence-corrected chi connectivity index (χ1v) is 5.63. The summed E-state index contributed by atoms with van der Waals surface area (Å²) in [5.74, 6) is -0.169. The van der Waals surface area contributed by atoms with E-state index >= 15 is 0 Å². The molecule has 1 aromatic carbocycles. The normalized spacial score (nSPS) is 12.6. The molecule has 0 bridgehead atoms. The van der Waals surface area contributed by atoms with Gasteiger partial charge in [0.2, 0.25) is 0 Å². The predicted octanol–water partition coefficient (Wildman–Crippen LogP) is 2.41. The van der Waals surface area contributed by atoms with Gasteiger partial charge in [0, 0.05) is 31.4 Å². The van der Waals surface area contributed by atoms with Gasteiger partial charge in [0.05, 0.1) is 5.69 Å². The van der Waals surface area contributed by atoms with Crippen LogP contribution in [-0.4, -0.2) is 9.78 Å². The summed E-state index contributed by atoms with van der Waals surface area (Å²) in [5.41, 5.74) is 1.77. The van der Waals surface area contributed by atoms with Gasteiger partial charge < -0.3 is 5.32 Å². The summed E-state index contributed by atoms with van der Waals surface area (Å²) in [7, 11) is 1.89. The van der Waals surface area contributed by atoms with E-state index in [1.54, 1.807) is 23.0 Å². The van der Waals surface area contributed by atoms with Crippen LogP contribution >= 0.6 is 0 Å². The van der Waals surface area contributed by atoms with Crippen LogP contribution in [0.15, 0.2) is 36.5 Å². The molecular formula is C13H16FN3. The minimum Gasteiger partial charge on any atom is -0.304 e. The minimum atomic E-state index is -0.169. The zero-order valence-corrected chi connectivity index (χ0v) is 10.0. The van der Waals surface area contributed by atoms with Gasteiger partial charge in [0.1, 0.15) is 5.82 Å². The maximum absolute atomic E-state index is 13.5. The second-order valence-corrected chi connectivity index (χ2v) is 4.07. The number of nitrogens with zero attached hydrogens (tertiary/aromatic N) is 2. The first kappa shape index (κ1) is 11.8. The topological polar surface area (TPSA) is 29.9 Å². The van der Waals surface area contributed by atoms with Gasteiger partial charge in [-0.05, 0) is 19.1 Å². The fraction of sp³-hybridized carbons (Fsp3) is 0.308. The van der Waals surface area contributed by atoms with E-state index in [1.165, 1.54) is 6.07 Å². The highest BCUT2D eigenvalue weighted by Crippen LogP contribution is 2.16. The number of aromatic nitrogens is 2. The smallest absolute Gasteiger partial charge is 0.127 e. The molecule has 0 radical (unpaired) electrons. The Hall–Kier alpha value is -1.68. The molecule has 0 amide bonds. The summed E-state index contributed by atoms with van der Waals surface area (Å²) >= 11 is 0. The van der Waals surface area contributed by atoms with E-state index in [0.717, 1.165) is 5.69 Å². The van der Waals surface area contributed by atoms with Gasteiger partial charge in [-0.3, -0.25) is 4.68 Å². The van der Waals surface area contributed by atoms with Crippen molar-refractivity contribution in [2.45, 2.75) is 19.5 Å². The molecule has 0 saturated carbocycles. The third kappa shape index (κ3) is 2.71. The number of aryl methyl sites for hydroxylation is 1. The summed E-state index contributed by atoms with van der Waals surface area (Å²) < 4.78 is 15.3. The maximum Gasteiger partial charge on any atom is 0.127 e. The molecule has 1 atom stereocenters. The number of rotatable bonds is 4. The van der Waals surface area contributed by atoms with Crippen LogP contribution in [0.1, 0.15) is 24.2 Å². The molecule has 0 saturated heterocycles. The lowest BCUT2D eigenvalue weighted by Gasteiger charge is -2.14.